The zero-order valence-electron chi connectivity index (χ0n) is 14.7. The fourth-order valence-corrected chi connectivity index (χ4v) is 2.99. The van der Waals surface area contributed by atoms with E-state index >= 15 is 0 Å². The van der Waals surface area contributed by atoms with E-state index < -0.39 is 16.7 Å². The highest BCUT2D eigenvalue weighted by atomic mass is 16.6. The summed E-state index contributed by atoms with van der Waals surface area (Å²) >= 11 is 0. The Bertz CT molecular complexity index is 855. The first-order valence-corrected chi connectivity index (χ1v) is 8.49. The van der Waals surface area contributed by atoms with Crippen molar-refractivity contribution < 1.29 is 19.2 Å². The molecule has 2 aromatic rings. The van der Waals surface area contributed by atoms with Crippen LogP contribution in [0.5, 0.6) is 0 Å². The molecule has 0 radical (unpaired) electrons. The summed E-state index contributed by atoms with van der Waals surface area (Å²) in [5.41, 5.74) is 0.966. The summed E-state index contributed by atoms with van der Waals surface area (Å²) in [4.78, 5) is 36.6. The van der Waals surface area contributed by atoms with Crippen molar-refractivity contribution in [3.8, 4) is 0 Å². The van der Waals surface area contributed by atoms with Crippen LogP contribution in [0.2, 0.25) is 0 Å². The summed E-state index contributed by atoms with van der Waals surface area (Å²) in [5, 5.41) is 13.3. The van der Waals surface area contributed by atoms with E-state index in [1.165, 1.54) is 29.2 Å². The van der Waals surface area contributed by atoms with E-state index in [1.54, 1.807) is 0 Å². The molecule has 0 saturated carbocycles. The van der Waals surface area contributed by atoms with Crippen molar-refractivity contribution in [2.75, 3.05) is 18.4 Å². The van der Waals surface area contributed by atoms with E-state index in [-0.39, 0.29) is 30.1 Å². The Morgan fingerprint density at radius 3 is 2.59 bits per heavy atom. The first kappa shape index (κ1) is 18.5. The summed E-state index contributed by atoms with van der Waals surface area (Å²) in [7, 11) is 0. The molecule has 2 amide bonds. The molecule has 1 aliphatic heterocycles. The van der Waals surface area contributed by atoms with Gasteiger partial charge in [0.1, 0.15) is 6.10 Å². The van der Waals surface area contributed by atoms with Crippen molar-refractivity contribution >= 4 is 23.2 Å². The molecule has 1 N–H and O–H groups in total. The number of carbonyl (C=O) groups excluding carboxylic acids is 2. The van der Waals surface area contributed by atoms with Crippen molar-refractivity contribution in [3.63, 3.8) is 0 Å². The molecule has 1 aliphatic rings. The van der Waals surface area contributed by atoms with Crippen LogP contribution in [0.1, 0.15) is 18.6 Å². The highest BCUT2D eigenvalue weighted by Gasteiger charge is 2.32. The third-order valence-electron chi connectivity index (χ3n) is 4.23. The van der Waals surface area contributed by atoms with Gasteiger partial charge in [0, 0.05) is 24.4 Å². The van der Waals surface area contributed by atoms with Crippen molar-refractivity contribution in [1.29, 1.82) is 0 Å². The zero-order chi connectivity index (χ0) is 19.4. The number of nitro benzene ring substituents is 1. The quantitative estimate of drug-likeness (QED) is 0.509. The lowest BCUT2D eigenvalue weighted by Crippen LogP contribution is -2.49. The third kappa shape index (κ3) is 4.48. The Labute approximate surface area is 155 Å². The number of ether oxygens (including phenoxy) is 1. The number of nitrogens with one attached hydrogen (secondary N) is 1. The van der Waals surface area contributed by atoms with Crippen molar-refractivity contribution in [2.24, 2.45) is 0 Å². The summed E-state index contributed by atoms with van der Waals surface area (Å²) in [6.45, 7) is 2.40. The summed E-state index contributed by atoms with van der Waals surface area (Å²) < 4.78 is 5.89. The molecule has 3 rings (SSSR count). The number of hydrogen-bond donors (Lipinski definition) is 1. The smallest absolute Gasteiger partial charge is 0.313 e. The lowest BCUT2D eigenvalue weighted by atomic mass is 10.1. The number of anilines is 1. The number of nitro groups is 1. The van der Waals surface area contributed by atoms with E-state index in [0.717, 1.165) is 5.56 Å². The second-order valence-electron chi connectivity index (χ2n) is 6.32. The van der Waals surface area contributed by atoms with Crippen LogP contribution in [0, 0.1) is 10.1 Å². The fourth-order valence-electron chi connectivity index (χ4n) is 2.99. The Morgan fingerprint density at radius 1 is 1.15 bits per heavy atom. The van der Waals surface area contributed by atoms with Gasteiger partial charge in [0.05, 0.1) is 17.6 Å². The maximum atomic E-state index is 12.6. The highest BCUT2D eigenvalue weighted by Crippen LogP contribution is 2.25. The van der Waals surface area contributed by atoms with Crippen LogP contribution in [-0.2, 0) is 14.3 Å². The zero-order valence-corrected chi connectivity index (χ0v) is 14.7. The second kappa shape index (κ2) is 7.96. The van der Waals surface area contributed by atoms with Gasteiger partial charge < -0.3 is 15.0 Å². The molecular formula is C19H19N3O5. The number of non-ortho nitro benzene ring substituents is 1. The van der Waals surface area contributed by atoms with Gasteiger partial charge >= 0.3 is 11.8 Å². The molecule has 0 aromatic heterocycles. The van der Waals surface area contributed by atoms with Crippen molar-refractivity contribution in [2.45, 2.75) is 19.1 Å². The summed E-state index contributed by atoms with van der Waals surface area (Å²) in [5.74, 6) is -1.53. The van der Waals surface area contributed by atoms with Crippen LogP contribution < -0.4 is 5.32 Å². The number of carbonyl (C=O) groups is 2. The first-order valence-electron chi connectivity index (χ1n) is 8.49. The van der Waals surface area contributed by atoms with Gasteiger partial charge in [0.25, 0.3) is 5.69 Å². The predicted octanol–water partition coefficient (Wildman–Crippen LogP) is 2.52. The van der Waals surface area contributed by atoms with Gasteiger partial charge in [0.2, 0.25) is 0 Å². The van der Waals surface area contributed by atoms with Crippen LogP contribution >= 0.6 is 0 Å². The van der Waals surface area contributed by atoms with E-state index in [4.69, 9.17) is 4.74 Å². The number of amides is 2. The van der Waals surface area contributed by atoms with E-state index in [2.05, 4.69) is 5.32 Å². The van der Waals surface area contributed by atoms with Crippen LogP contribution in [0.4, 0.5) is 11.4 Å². The van der Waals surface area contributed by atoms with Gasteiger partial charge in [0.15, 0.2) is 0 Å². The fraction of sp³-hybridized carbons (Fsp3) is 0.263. The molecule has 1 heterocycles. The maximum Gasteiger partial charge on any atom is 0.313 e. The number of morpholine rings is 1. The van der Waals surface area contributed by atoms with Gasteiger partial charge in [-0.05, 0) is 18.6 Å². The second-order valence-corrected chi connectivity index (χ2v) is 6.32. The maximum absolute atomic E-state index is 12.6. The minimum absolute atomic E-state index is 0.163. The molecule has 27 heavy (non-hydrogen) atoms. The van der Waals surface area contributed by atoms with Crippen LogP contribution in [0.15, 0.2) is 54.6 Å². The Morgan fingerprint density at radius 2 is 1.89 bits per heavy atom. The summed E-state index contributed by atoms with van der Waals surface area (Å²) in [6, 6.07) is 14.9. The van der Waals surface area contributed by atoms with E-state index in [9.17, 15) is 19.7 Å². The van der Waals surface area contributed by atoms with Crippen LogP contribution in [0.3, 0.4) is 0 Å². The van der Waals surface area contributed by atoms with E-state index in [0.29, 0.717) is 6.54 Å². The normalized spacial score (nSPS) is 19.4. The Hall–Kier alpha value is -3.26. The van der Waals surface area contributed by atoms with Crippen molar-refractivity contribution in [3.05, 3.63) is 70.3 Å². The first-order chi connectivity index (χ1) is 12.9. The molecule has 1 saturated heterocycles. The molecule has 2 aromatic carbocycles. The highest BCUT2D eigenvalue weighted by molar-refractivity contribution is 6.39. The lowest BCUT2D eigenvalue weighted by molar-refractivity contribution is -0.384. The molecule has 2 atom stereocenters. The molecule has 8 heteroatoms. The van der Waals surface area contributed by atoms with Crippen LogP contribution in [-0.4, -0.2) is 40.8 Å². The van der Waals surface area contributed by atoms with E-state index in [1.807, 2.05) is 37.3 Å². The monoisotopic (exact) mass is 369 g/mol. The molecule has 0 unspecified atom stereocenters. The largest absolute Gasteiger partial charge is 0.367 e. The Balaban J connectivity index is 1.69. The van der Waals surface area contributed by atoms with Crippen LogP contribution in [0.25, 0.3) is 0 Å². The molecule has 140 valence electrons. The topological polar surface area (TPSA) is 102 Å². The minimum atomic E-state index is -0.837. The average molecular weight is 369 g/mol. The van der Waals surface area contributed by atoms with Gasteiger partial charge in [-0.2, -0.15) is 0 Å². The summed E-state index contributed by atoms with van der Waals surface area (Å²) in [6.07, 6.45) is -0.539. The van der Waals surface area contributed by atoms with Gasteiger partial charge in [-0.15, -0.1) is 0 Å². The van der Waals surface area contributed by atoms with Gasteiger partial charge in [-0.1, -0.05) is 36.4 Å². The predicted molar refractivity (Wildman–Crippen MR) is 98.0 cm³/mol. The number of hydrogen-bond acceptors (Lipinski definition) is 5. The molecule has 0 spiro atoms. The lowest BCUT2D eigenvalue weighted by Gasteiger charge is -2.36. The SMILES string of the molecule is C[C@@H]1CN(C(=O)C(=O)Nc2cccc([N+](=O)[O-])c2)C[C@H](c2ccccc2)O1. The minimum Gasteiger partial charge on any atom is -0.367 e. The van der Waals surface area contributed by atoms with Gasteiger partial charge in [-0.25, -0.2) is 0 Å². The number of benzene rings is 2. The number of rotatable bonds is 3. The standard InChI is InChI=1S/C19H19N3O5/c1-13-11-21(12-17(27-13)14-6-3-2-4-7-14)19(24)18(23)20-15-8-5-9-16(10-15)22(25)26/h2-10,13,17H,11-12H2,1H3,(H,20,23)/t13-,17-/m1/s1. The molecular weight excluding hydrogens is 350 g/mol. The average Bonchev–Trinajstić information content (AvgIpc) is 2.67. The van der Waals surface area contributed by atoms with Crippen molar-refractivity contribution in [1.82, 2.24) is 4.90 Å². The molecule has 1 fully saturated rings. The Kier molecular flexibility index (Phi) is 5.46. The van der Waals surface area contributed by atoms with Gasteiger partial charge in [-0.3, -0.25) is 19.7 Å². The number of nitrogens with zero attached hydrogens (tertiary/aromatic N) is 2. The molecule has 0 bridgehead atoms. The molecule has 0 aliphatic carbocycles. The molecule has 8 nitrogen and oxygen atoms in total. The third-order valence-corrected chi connectivity index (χ3v) is 4.23.